The Bertz CT molecular complexity index is 477. The fourth-order valence-corrected chi connectivity index (χ4v) is 1.61. The molecule has 0 radical (unpaired) electrons. The highest BCUT2D eigenvalue weighted by Gasteiger charge is 1.84. The number of benzene rings is 2. The summed E-state index contributed by atoms with van der Waals surface area (Å²) >= 11 is 0. The van der Waals surface area contributed by atoms with Gasteiger partial charge in [-0.1, -0.05) is 85.0 Å². The molecule has 2 aromatic carbocycles. The molecule has 0 saturated carbocycles. The molecule has 2 rings (SSSR count). The molecule has 0 fully saturated rings. The Kier molecular flexibility index (Phi) is 9.09. The number of rotatable bonds is 6. The third-order valence-corrected chi connectivity index (χ3v) is 2.64. The van der Waals surface area contributed by atoms with E-state index in [0.29, 0.717) is 0 Å². The van der Waals surface area contributed by atoms with Crippen LogP contribution in [0.2, 0.25) is 0 Å². The van der Waals surface area contributed by atoms with Crippen molar-refractivity contribution in [2.45, 2.75) is 0 Å². The lowest BCUT2D eigenvalue weighted by Crippen LogP contribution is -2.11. The minimum absolute atomic E-state index is 0.867. The highest BCUT2D eigenvalue weighted by molar-refractivity contribution is 5.69. The molecule has 0 saturated heterocycles. The predicted octanol–water partition coefficient (Wildman–Crippen LogP) is 4.81. The molecule has 21 heavy (non-hydrogen) atoms. The van der Waals surface area contributed by atoms with Crippen LogP contribution in [-0.2, 0) is 0 Å². The molecular formula is C20H23N. The van der Waals surface area contributed by atoms with Gasteiger partial charge in [0, 0.05) is 13.1 Å². The van der Waals surface area contributed by atoms with Crippen LogP contribution in [0.15, 0.2) is 86.0 Å². The van der Waals surface area contributed by atoms with Gasteiger partial charge in [-0.05, 0) is 11.1 Å². The molecule has 0 amide bonds. The molecule has 0 aliphatic heterocycles. The first-order valence-corrected chi connectivity index (χ1v) is 7.07. The Morgan fingerprint density at radius 1 is 0.667 bits per heavy atom. The van der Waals surface area contributed by atoms with Crippen LogP contribution in [0, 0.1) is 0 Å². The van der Waals surface area contributed by atoms with Gasteiger partial charge in [0.15, 0.2) is 0 Å². The zero-order valence-corrected chi connectivity index (χ0v) is 12.4. The molecule has 1 nitrogen and oxygen atoms in total. The number of hydrogen-bond donors (Lipinski definition) is 1. The number of hydrogen-bond acceptors (Lipinski definition) is 1. The van der Waals surface area contributed by atoms with Crippen molar-refractivity contribution in [3.8, 4) is 0 Å². The van der Waals surface area contributed by atoms with E-state index < -0.39 is 0 Å². The highest BCUT2D eigenvalue weighted by Crippen LogP contribution is 2.06. The quantitative estimate of drug-likeness (QED) is 0.454. The van der Waals surface area contributed by atoms with Gasteiger partial charge in [-0.25, -0.2) is 0 Å². The first-order chi connectivity index (χ1) is 10.4. The predicted molar refractivity (Wildman–Crippen MR) is 95.1 cm³/mol. The fourth-order valence-electron chi connectivity index (χ4n) is 1.61. The van der Waals surface area contributed by atoms with Crippen LogP contribution in [-0.4, -0.2) is 13.1 Å². The van der Waals surface area contributed by atoms with E-state index in [-0.39, 0.29) is 0 Å². The van der Waals surface area contributed by atoms with Gasteiger partial charge in [0.2, 0.25) is 0 Å². The maximum atomic E-state index is 3.54. The zero-order valence-electron chi connectivity index (χ0n) is 12.4. The summed E-state index contributed by atoms with van der Waals surface area (Å²) in [7, 11) is 0. The summed E-state index contributed by atoms with van der Waals surface area (Å²) < 4.78 is 0. The fraction of sp³-hybridized carbons (Fsp3) is 0.100. The summed E-state index contributed by atoms with van der Waals surface area (Å²) in [4.78, 5) is 0. The van der Waals surface area contributed by atoms with Crippen LogP contribution in [0.4, 0.5) is 0 Å². The standard InChI is InChI=1S/C14H12.C6H11N/c1-3-7-13(8-4-1)11-12-14-9-5-2-6-10-14;1-3-5-7-6-4-2/h1-12H;3-4,7H,1-2,5-6H2. The van der Waals surface area contributed by atoms with E-state index in [1.165, 1.54) is 11.1 Å². The Labute approximate surface area is 128 Å². The second-order valence-electron chi connectivity index (χ2n) is 4.39. The van der Waals surface area contributed by atoms with Crippen molar-refractivity contribution in [2.75, 3.05) is 13.1 Å². The largest absolute Gasteiger partial charge is 0.310 e. The van der Waals surface area contributed by atoms with Gasteiger partial charge < -0.3 is 5.32 Å². The smallest absolute Gasteiger partial charge is 0.0135 e. The topological polar surface area (TPSA) is 12.0 Å². The van der Waals surface area contributed by atoms with Crippen LogP contribution in [0.1, 0.15) is 11.1 Å². The van der Waals surface area contributed by atoms with Crippen LogP contribution < -0.4 is 5.32 Å². The summed E-state index contributed by atoms with van der Waals surface area (Å²) in [6, 6.07) is 20.6. The van der Waals surface area contributed by atoms with Crippen LogP contribution >= 0.6 is 0 Å². The van der Waals surface area contributed by atoms with E-state index in [4.69, 9.17) is 0 Å². The molecule has 0 unspecified atom stereocenters. The SMILES string of the molecule is C(=Cc1ccccc1)c1ccccc1.C=CCNCC=C. The highest BCUT2D eigenvalue weighted by atomic mass is 14.8. The maximum Gasteiger partial charge on any atom is 0.0135 e. The molecule has 0 heterocycles. The molecule has 0 atom stereocenters. The summed E-state index contributed by atoms with van der Waals surface area (Å²) in [6.07, 6.45) is 7.89. The van der Waals surface area contributed by atoms with Gasteiger partial charge >= 0.3 is 0 Å². The minimum Gasteiger partial charge on any atom is -0.310 e. The molecule has 0 aliphatic rings. The minimum atomic E-state index is 0.867. The molecule has 0 aliphatic carbocycles. The second-order valence-corrected chi connectivity index (χ2v) is 4.39. The van der Waals surface area contributed by atoms with Crippen LogP contribution in [0.25, 0.3) is 12.2 Å². The maximum absolute atomic E-state index is 3.54. The Morgan fingerprint density at radius 2 is 1.05 bits per heavy atom. The van der Waals surface area contributed by atoms with E-state index in [9.17, 15) is 0 Å². The van der Waals surface area contributed by atoms with E-state index >= 15 is 0 Å². The van der Waals surface area contributed by atoms with E-state index in [1.807, 2.05) is 48.6 Å². The number of nitrogens with one attached hydrogen (secondary N) is 1. The van der Waals surface area contributed by atoms with Crippen molar-refractivity contribution in [3.63, 3.8) is 0 Å². The van der Waals surface area contributed by atoms with Crippen molar-refractivity contribution >= 4 is 12.2 Å². The average Bonchev–Trinajstić information content (AvgIpc) is 2.56. The first-order valence-electron chi connectivity index (χ1n) is 7.07. The molecule has 1 heteroatoms. The Hall–Kier alpha value is -2.38. The van der Waals surface area contributed by atoms with Gasteiger partial charge in [0.05, 0.1) is 0 Å². The molecule has 1 N–H and O–H groups in total. The lowest BCUT2D eigenvalue weighted by atomic mass is 10.1. The van der Waals surface area contributed by atoms with Crippen LogP contribution in [0.3, 0.4) is 0 Å². The third kappa shape index (κ3) is 8.40. The molecule has 0 bridgehead atoms. The first kappa shape index (κ1) is 16.7. The Balaban J connectivity index is 0.000000270. The van der Waals surface area contributed by atoms with Crippen molar-refractivity contribution < 1.29 is 0 Å². The van der Waals surface area contributed by atoms with Gasteiger partial charge in [0.25, 0.3) is 0 Å². The summed E-state index contributed by atoms with van der Waals surface area (Å²) in [5.41, 5.74) is 2.47. The molecule has 0 aromatic heterocycles. The van der Waals surface area contributed by atoms with Crippen molar-refractivity contribution in [3.05, 3.63) is 97.1 Å². The average molecular weight is 277 g/mol. The van der Waals surface area contributed by atoms with Crippen molar-refractivity contribution in [1.29, 1.82) is 0 Å². The van der Waals surface area contributed by atoms with Gasteiger partial charge in [-0.2, -0.15) is 0 Å². The van der Waals surface area contributed by atoms with E-state index in [1.54, 1.807) is 0 Å². The summed E-state index contributed by atoms with van der Waals surface area (Å²) in [5, 5.41) is 3.05. The van der Waals surface area contributed by atoms with Gasteiger partial charge in [0.1, 0.15) is 0 Å². The second kappa shape index (κ2) is 11.4. The lowest BCUT2D eigenvalue weighted by molar-refractivity contribution is 0.845. The van der Waals surface area contributed by atoms with Crippen molar-refractivity contribution in [2.24, 2.45) is 0 Å². The van der Waals surface area contributed by atoms with Crippen LogP contribution in [0.5, 0.6) is 0 Å². The van der Waals surface area contributed by atoms with Gasteiger partial charge in [-0.3, -0.25) is 0 Å². The zero-order chi connectivity index (χ0) is 15.2. The molecule has 108 valence electrons. The van der Waals surface area contributed by atoms with E-state index in [0.717, 1.165) is 13.1 Å². The van der Waals surface area contributed by atoms with E-state index in [2.05, 4.69) is 54.9 Å². The monoisotopic (exact) mass is 277 g/mol. The normalized spacial score (nSPS) is 9.71. The third-order valence-electron chi connectivity index (χ3n) is 2.64. The summed E-state index contributed by atoms with van der Waals surface area (Å²) in [5.74, 6) is 0. The molecule has 2 aromatic rings. The van der Waals surface area contributed by atoms with Gasteiger partial charge in [-0.15, -0.1) is 13.2 Å². The summed E-state index contributed by atoms with van der Waals surface area (Å²) in [6.45, 7) is 8.81. The Morgan fingerprint density at radius 3 is 1.38 bits per heavy atom. The molecular weight excluding hydrogens is 254 g/mol. The van der Waals surface area contributed by atoms with Crippen molar-refractivity contribution in [1.82, 2.24) is 5.32 Å². The lowest BCUT2D eigenvalue weighted by Gasteiger charge is -1.92. The molecule has 0 spiro atoms.